The molecule has 20 heavy (non-hydrogen) atoms. The maximum absolute atomic E-state index is 12.9. The topological polar surface area (TPSA) is 45.0 Å². The summed E-state index contributed by atoms with van der Waals surface area (Å²) in [6.45, 7) is 0. The minimum absolute atomic E-state index is 0.316. The Morgan fingerprint density at radius 3 is 2.55 bits per heavy atom. The van der Waals surface area contributed by atoms with Gasteiger partial charge in [-0.25, -0.2) is 4.39 Å². The molecule has 3 nitrogen and oxygen atoms in total. The Bertz CT molecular complexity index is 637. The summed E-state index contributed by atoms with van der Waals surface area (Å²) in [6, 6.07) is 12.9. The van der Waals surface area contributed by atoms with Crippen molar-refractivity contribution in [3.05, 3.63) is 58.3 Å². The van der Waals surface area contributed by atoms with E-state index < -0.39 is 6.04 Å². The molecule has 0 aliphatic rings. The third-order valence-electron chi connectivity index (χ3n) is 2.79. The monoisotopic (exact) mass is 334 g/mol. The molecule has 5 heteroatoms. The van der Waals surface area contributed by atoms with Crippen molar-refractivity contribution >= 4 is 21.6 Å². The predicted molar refractivity (Wildman–Crippen MR) is 79.1 cm³/mol. The Morgan fingerprint density at radius 2 is 1.95 bits per heavy atom. The van der Waals surface area contributed by atoms with Crippen LogP contribution in [0.3, 0.4) is 0 Å². The molecule has 1 N–H and O–H groups in total. The Hall–Kier alpha value is -2.06. The van der Waals surface area contributed by atoms with Gasteiger partial charge in [-0.15, -0.1) is 0 Å². The van der Waals surface area contributed by atoms with Crippen LogP contribution in [0.4, 0.5) is 10.1 Å². The van der Waals surface area contributed by atoms with Gasteiger partial charge in [0.1, 0.15) is 17.6 Å². The van der Waals surface area contributed by atoms with E-state index in [2.05, 4.69) is 27.3 Å². The molecule has 1 unspecified atom stereocenters. The summed E-state index contributed by atoms with van der Waals surface area (Å²) in [6.07, 6.45) is 0. The largest absolute Gasteiger partial charge is 0.496 e. The summed E-state index contributed by atoms with van der Waals surface area (Å²) in [7, 11) is 1.55. The van der Waals surface area contributed by atoms with Crippen LogP contribution in [0.2, 0.25) is 0 Å². The van der Waals surface area contributed by atoms with E-state index in [1.54, 1.807) is 25.3 Å². The second-order valence-electron chi connectivity index (χ2n) is 4.10. The normalized spacial score (nSPS) is 11.5. The lowest BCUT2D eigenvalue weighted by Gasteiger charge is -2.16. The highest BCUT2D eigenvalue weighted by Crippen LogP contribution is 2.30. The van der Waals surface area contributed by atoms with E-state index in [4.69, 9.17) is 4.74 Å². The van der Waals surface area contributed by atoms with E-state index >= 15 is 0 Å². The Morgan fingerprint density at radius 1 is 1.25 bits per heavy atom. The number of nitriles is 1. The van der Waals surface area contributed by atoms with Gasteiger partial charge in [0.05, 0.1) is 13.2 Å². The van der Waals surface area contributed by atoms with E-state index in [0.717, 1.165) is 4.47 Å². The number of hydrogen-bond donors (Lipinski definition) is 1. The number of methoxy groups -OCH3 is 1. The zero-order valence-corrected chi connectivity index (χ0v) is 12.3. The van der Waals surface area contributed by atoms with Gasteiger partial charge >= 0.3 is 0 Å². The summed E-state index contributed by atoms with van der Waals surface area (Å²) < 4.78 is 19.0. The maximum atomic E-state index is 12.9. The number of ether oxygens (including phenoxy) is 1. The molecule has 0 bridgehead atoms. The highest BCUT2D eigenvalue weighted by atomic mass is 79.9. The summed E-state index contributed by atoms with van der Waals surface area (Å²) in [5.41, 5.74) is 1.38. The minimum Gasteiger partial charge on any atom is -0.496 e. The fourth-order valence-corrected chi connectivity index (χ4v) is 2.20. The average molecular weight is 335 g/mol. The van der Waals surface area contributed by atoms with Gasteiger partial charge < -0.3 is 10.1 Å². The zero-order valence-electron chi connectivity index (χ0n) is 10.7. The molecule has 2 aromatic carbocycles. The average Bonchev–Trinajstić information content (AvgIpc) is 2.46. The standard InChI is InChI=1S/C15H12BrFN2O/c1-20-15-7-2-10(16)8-13(15)14(9-18)19-12-5-3-11(17)4-6-12/h2-8,14,19H,1H3. The van der Waals surface area contributed by atoms with Crippen LogP contribution in [0, 0.1) is 17.1 Å². The molecule has 0 fully saturated rings. The van der Waals surface area contributed by atoms with Crippen LogP contribution in [0.1, 0.15) is 11.6 Å². The van der Waals surface area contributed by atoms with Crippen molar-refractivity contribution in [2.45, 2.75) is 6.04 Å². The molecule has 0 radical (unpaired) electrons. The van der Waals surface area contributed by atoms with E-state index in [0.29, 0.717) is 17.0 Å². The van der Waals surface area contributed by atoms with Gasteiger partial charge in [0, 0.05) is 15.7 Å². The van der Waals surface area contributed by atoms with Crippen molar-refractivity contribution in [1.29, 1.82) is 5.26 Å². The SMILES string of the molecule is COc1ccc(Br)cc1C(C#N)Nc1ccc(F)cc1. The number of anilines is 1. The molecule has 0 aromatic heterocycles. The molecule has 2 rings (SSSR count). The maximum Gasteiger partial charge on any atom is 0.143 e. The van der Waals surface area contributed by atoms with Crippen molar-refractivity contribution in [2.75, 3.05) is 12.4 Å². The molecule has 0 spiro atoms. The first-order chi connectivity index (χ1) is 9.63. The number of nitrogens with zero attached hydrogens (tertiary/aromatic N) is 1. The van der Waals surface area contributed by atoms with Crippen LogP contribution >= 0.6 is 15.9 Å². The molecule has 0 saturated heterocycles. The first kappa shape index (κ1) is 14.4. The molecule has 0 aliphatic carbocycles. The number of benzene rings is 2. The summed E-state index contributed by atoms with van der Waals surface area (Å²) >= 11 is 3.38. The van der Waals surface area contributed by atoms with E-state index in [1.165, 1.54) is 12.1 Å². The van der Waals surface area contributed by atoms with Gasteiger partial charge in [-0.05, 0) is 42.5 Å². The molecule has 0 amide bonds. The molecule has 0 saturated carbocycles. The van der Waals surface area contributed by atoms with Gasteiger partial charge in [-0.1, -0.05) is 15.9 Å². The molecule has 2 aromatic rings. The van der Waals surface area contributed by atoms with Crippen LogP contribution in [0.5, 0.6) is 5.75 Å². The van der Waals surface area contributed by atoms with Crippen molar-refractivity contribution in [3.63, 3.8) is 0 Å². The molecular weight excluding hydrogens is 323 g/mol. The summed E-state index contributed by atoms with van der Waals surface area (Å²) in [5.74, 6) is 0.304. The fraction of sp³-hybridized carbons (Fsp3) is 0.133. The van der Waals surface area contributed by atoms with E-state index in [1.807, 2.05) is 12.1 Å². The van der Waals surface area contributed by atoms with Gasteiger partial charge in [0.2, 0.25) is 0 Å². The third-order valence-corrected chi connectivity index (χ3v) is 3.28. The molecular formula is C15H12BrFN2O. The number of hydrogen-bond acceptors (Lipinski definition) is 3. The van der Waals surface area contributed by atoms with E-state index in [-0.39, 0.29) is 5.82 Å². The zero-order chi connectivity index (χ0) is 14.5. The fourth-order valence-electron chi connectivity index (χ4n) is 1.82. The molecule has 1 atom stereocenters. The van der Waals surface area contributed by atoms with Crippen molar-refractivity contribution in [2.24, 2.45) is 0 Å². The van der Waals surface area contributed by atoms with Gasteiger partial charge in [-0.2, -0.15) is 5.26 Å². The van der Waals surface area contributed by atoms with Crippen molar-refractivity contribution in [3.8, 4) is 11.8 Å². The van der Waals surface area contributed by atoms with Crippen LogP contribution in [-0.2, 0) is 0 Å². The van der Waals surface area contributed by atoms with E-state index in [9.17, 15) is 9.65 Å². The number of halogens is 2. The predicted octanol–water partition coefficient (Wildman–Crippen LogP) is 4.27. The van der Waals surface area contributed by atoms with Crippen LogP contribution in [0.25, 0.3) is 0 Å². The molecule has 0 aliphatic heterocycles. The molecule has 102 valence electrons. The first-order valence-corrected chi connectivity index (χ1v) is 6.68. The highest BCUT2D eigenvalue weighted by Gasteiger charge is 2.16. The second-order valence-corrected chi connectivity index (χ2v) is 5.02. The lowest BCUT2D eigenvalue weighted by molar-refractivity contribution is 0.409. The summed E-state index contributed by atoms with van der Waals surface area (Å²) in [5, 5.41) is 12.4. The number of nitrogens with one attached hydrogen (secondary N) is 1. The Labute approximate surface area is 125 Å². The molecule has 0 heterocycles. The summed E-state index contributed by atoms with van der Waals surface area (Å²) in [4.78, 5) is 0. The van der Waals surface area contributed by atoms with Crippen molar-refractivity contribution < 1.29 is 9.13 Å². The van der Waals surface area contributed by atoms with Crippen LogP contribution in [0.15, 0.2) is 46.9 Å². The van der Waals surface area contributed by atoms with Gasteiger partial charge in [0.25, 0.3) is 0 Å². The lowest BCUT2D eigenvalue weighted by Crippen LogP contribution is -2.10. The minimum atomic E-state index is -0.590. The third kappa shape index (κ3) is 3.28. The van der Waals surface area contributed by atoms with Crippen molar-refractivity contribution in [1.82, 2.24) is 0 Å². The second kappa shape index (κ2) is 6.40. The quantitative estimate of drug-likeness (QED) is 0.907. The van der Waals surface area contributed by atoms with Gasteiger partial charge in [0.15, 0.2) is 0 Å². The smallest absolute Gasteiger partial charge is 0.143 e. The highest BCUT2D eigenvalue weighted by molar-refractivity contribution is 9.10. The van der Waals surface area contributed by atoms with Crippen LogP contribution < -0.4 is 10.1 Å². The van der Waals surface area contributed by atoms with Crippen LogP contribution in [-0.4, -0.2) is 7.11 Å². The van der Waals surface area contributed by atoms with Gasteiger partial charge in [-0.3, -0.25) is 0 Å². The first-order valence-electron chi connectivity index (χ1n) is 5.89. The lowest BCUT2D eigenvalue weighted by atomic mass is 10.1. The Balaban J connectivity index is 2.31. The number of rotatable bonds is 4. The Kier molecular flexibility index (Phi) is 4.59.